The van der Waals surface area contributed by atoms with E-state index in [1.165, 1.54) is 18.2 Å². The van der Waals surface area contributed by atoms with E-state index in [9.17, 15) is 14.3 Å². The molecule has 1 unspecified atom stereocenters. The largest absolute Gasteiger partial charge is 0.507 e. The summed E-state index contributed by atoms with van der Waals surface area (Å²) < 4.78 is 13.5. The van der Waals surface area contributed by atoms with Crippen LogP contribution in [0.15, 0.2) is 18.2 Å². The lowest BCUT2D eigenvalue weighted by Crippen LogP contribution is -2.41. The summed E-state index contributed by atoms with van der Waals surface area (Å²) in [5.41, 5.74) is -0.276. The number of hydrogen-bond donors (Lipinski definition) is 3. The molecule has 1 fully saturated rings. The van der Waals surface area contributed by atoms with Gasteiger partial charge in [-0.05, 0) is 31.5 Å². The van der Waals surface area contributed by atoms with Gasteiger partial charge < -0.3 is 15.7 Å². The van der Waals surface area contributed by atoms with E-state index in [0.29, 0.717) is 6.54 Å². The van der Waals surface area contributed by atoms with Crippen LogP contribution in [0.2, 0.25) is 0 Å². The molecule has 0 aliphatic carbocycles. The van der Waals surface area contributed by atoms with Crippen LogP contribution in [0.5, 0.6) is 5.75 Å². The summed E-state index contributed by atoms with van der Waals surface area (Å²) in [5.74, 6) is -1.58. The molecule has 1 amide bonds. The van der Waals surface area contributed by atoms with Crippen molar-refractivity contribution in [2.75, 3.05) is 13.1 Å². The zero-order valence-electron chi connectivity index (χ0n) is 10.1. The summed E-state index contributed by atoms with van der Waals surface area (Å²) in [5, 5.41) is 15.5. The number of phenols is 1. The van der Waals surface area contributed by atoms with Crippen LogP contribution in [0.25, 0.3) is 0 Å². The second-order valence-corrected chi connectivity index (χ2v) is 4.50. The quantitative estimate of drug-likeness (QED) is 0.745. The van der Waals surface area contributed by atoms with Gasteiger partial charge in [-0.15, -0.1) is 0 Å². The van der Waals surface area contributed by atoms with E-state index in [2.05, 4.69) is 10.6 Å². The first-order valence-corrected chi connectivity index (χ1v) is 6.17. The molecular weight excluding hydrogens is 235 g/mol. The zero-order chi connectivity index (χ0) is 13.0. The first-order chi connectivity index (χ1) is 8.68. The van der Waals surface area contributed by atoms with Crippen LogP contribution in [0.1, 0.15) is 29.6 Å². The average Bonchev–Trinajstić information content (AvgIpc) is 2.57. The standard InChI is InChI=1S/C13H17FN2O2/c14-10-5-3-6-11(17)12(10)13(18)16-9-4-1-2-7-15-8-9/h3,5-6,9,15,17H,1-2,4,7-8H2,(H,16,18). The van der Waals surface area contributed by atoms with Crippen molar-refractivity contribution in [3.05, 3.63) is 29.6 Å². The SMILES string of the molecule is O=C(NC1CCCCNC1)c1c(O)cccc1F. The number of halogens is 1. The highest BCUT2D eigenvalue weighted by Crippen LogP contribution is 2.20. The molecule has 0 radical (unpaired) electrons. The molecule has 98 valence electrons. The van der Waals surface area contributed by atoms with Gasteiger partial charge in [-0.3, -0.25) is 4.79 Å². The Hall–Kier alpha value is -1.62. The summed E-state index contributed by atoms with van der Waals surface area (Å²) >= 11 is 0. The molecular formula is C13H17FN2O2. The first-order valence-electron chi connectivity index (χ1n) is 6.17. The van der Waals surface area contributed by atoms with Crippen molar-refractivity contribution in [3.8, 4) is 5.75 Å². The minimum Gasteiger partial charge on any atom is -0.507 e. The predicted octanol–water partition coefficient (Wildman–Crippen LogP) is 1.40. The average molecular weight is 252 g/mol. The maximum atomic E-state index is 13.5. The van der Waals surface area contributed by atoms with Crippen molar-refractivity contribution in [1.29, 1.82) is 0 Å². The summed E-state index contributed by atoms with van der Waals surface area (Å²) in [7, 11) is 0. The monoisotopic (exact) mass is 252 g/mol. The molecule has 1 aliphatic rings. The van der Waals surface area contributed by atoms with E-state index in [1.807, 2.05) is 0 Å². The highest BCUT2D eigenvalue weighted by Gasteiger charge is 2.20. The van der Waals surface area contributed by atoms with E-state index in [-0.39, 0.29) is 17.4 Å². The minimum absolute atomic E-state index is 0.0148. The number of amides is 1. The summed E-state index contributed by atoms with van der Waals surface area (Å²) in [6.07, 6.45) is 2.98. The molecule has 0 bridgehead atoms. The van der Waals surface area contributed by atoms with Crippen molar-refractivity contribution >= 4 is 5.91 Å². The maximum absolute atomic E-state index is 13.5. The third-order valence-electron chi connectivity index (χ3n) is 3.10. The maximum Gasteiger partial charge on any atom is 0.258 e. The molecule has 5 heteroatoms. The summed E-state index contributed by atoms with van der Waals surface area (Å²) in [6, 6.07) is 3.83. The Labute approximate surface area is 105 Å². The number of carbonyl (C=O) groups excluding carboxylic acids is 1. The second kappa shape index (κ2) is 5.82. The van der Waals surface area contributed by atoms with Gasteiger partial charge >= 0.3 is 0 Å². The van der Waals surface area contributed by atoms with Crippen LogP contribution < -0.4 is 10.6 Å². The Morgan fingerprint density at radius 3 is 3.06 bits per heavy atom. The Morgan fingerprint density at radius 1 is 1.44 bits per heavy atom. The van der Waals surface area contributed by atoms with Crippen LogP contribution in [0, 0.1) is 5.82 Å². The van der Waals surface area contributed by atoms with Crippen molar-refractivity contribution in [1.82, 2.24) is 10.6 Å². The van der Waals surface area contributed by atoms with Gasteiger partial charge in [-0.2, -0.15) is 0 Å². The lowest BCUT2D eigenvalue weighted by Gasteiger charge is -2.17. The van der Waals surface area contributed by atoms with Crippen LogP contribution >= 0.6 is 0 Å². The number of aromatic hydroxyl groups is 1. The number of nitrogens with one attached hydrogen (secondary N) is 2. The lowest BCUT2D eigenvalue weighted by molar-refractivity contribution is 0.0928. The van der Waals surface area contributed by atoms with Crippen LogP contribution in [0.3, 0.4) is 0 Å². The van der Waals surface area contributed by atoms with Crippen molar-refractivity contribution in [2.45, 2.75) is 25.3 Å². The van der Waals surface area contributed by atoms with Gasteiger partial charge in [0.15, 0.2) is 0 Å². The van der Waals surface area contributed by atoms with Crippen molar-refractivity contribution in [3.63, 3.8) is 0 Å². The molecule has 1 aromatic carbocycles. The zero-order valence-corrected chi connectivity index (χ0v) is 10.1. The molecule has 0 aromatic heterocycles. The molecule has 0 spiro atoms. The third kappa shape index (κ3) is 2.98. The highest BCUT2D eigenvalue weighted by molar-refractivity contribution is 5.97. The fourth-order valence-electron chi connectivity index (χ4n) is 2.14. The van der Waals surface area contributed by atoms with E-state index < -0.39 is 11.7 Å². The molecule has 1 heterocycles. The van der Waals surface area contributed by atoms with Gasteiger partial charge in [-0.1, -0.05) is 12.5 Å². The van der Waals surface area contributed by atoms with E-state index >= 15 is 0 Å². The number of phenolic OH excluding ortho intramolecular Hbond substituents is 1. The normalized spacial score (nSPS) is 20.2. The van der Waals surface area contributed by atoms with Crippen molar-refractivity contribution in [2.24, 2.45) is 0 Å². The van der Waals surface area contributed by atoms with Gasteiger partial charge in [0, 0.05) is 12.6 Å². The fourth-order valence-corrected chi connectivity index (χ4v) is 2.14. The van der Waals surface area contributed by atoms with Crippen LogP contribution in [-0.4, -0.2) is 30.1 Å². The molecule has 18 heavy (non-hydrogen) atoms. The van der Waals surface area contributed by atoms with Gasteiger partial charge in [0.05, 0.1) is 0 Å². The summed E-state index contributed by atoms with van der Waals surface area (Å²) in [6.45, 7) is 1.62. The second-order valence-electron chi connectivity index (χ2n) is 4.50. The molecule has 1 saturated heterocycles. The van der Waals surface area contributed by atoms with Crippen molar-refractivity contribution < 1.29 is 14.3 Å². The molecule has 1 aromatic rings. The smallest absolute Gasteiger partial charge is 0.258 e. The van der Waals surface area contributed by atoms with Gasteiger partial charge in [0.25, 0.3) is 5.91 Å². The number of hydrogen-bond acceptors (Lipinski definition) is 3. The van der Waals surface area contributed by atoms with Gasteiger partial charge in [0.2, 0.25) is 0 Å². The van der Waals surface area contributed by atoms with Gasteiger partial charge in [0.1, 0.15) is 17.1 Å². The molecule has 1 atom stereocenters. The van der Waals surface area contributed by atoms with E-state index in [4.69, 9.17) is 0 Å². The minimum atomic E-state index is -0.700. The molecule has 4 nitrogen and oxygen atoms in total. The number of carbonyl (C=O) groups is 1. The molecule has 2 rings (SSSR count). The van der Waals surface area contributed by atoms with Crippen LogP contribution in [0.4, 0.5) is 4.39 Å². The Kier molecular flexibility index (Phi) is 4.15. The summed E-state index contributed by atoms with van der Waals surface area (Å²) in [4.78, 5) is 11.9. The topological polar surface area (TPSA) is 61.4 Å². The molecule has 1 aliphatic heterocycles. The molecule has 0 saturated carbocycles. The Morgan fingerprint density at radius 2 is 2.28 bits per heavy atom. The number of benzene rings is 1. The fraction of sp³-hybridized carbons (Fsp3) is 0.462. The predicted molar refractivity (Wildman–Crippen MR) is 66.0 cm³/mol. The Bertz CT molecular complexity index is 409. The third-order valence-corrected chi connectivity index (χ3v) is 3.10. The number of rotatable bonds is 2. The van der Waals surface area contributed by atoms with E-state index in [0.717, 1.165) is 25.8 Å². The lowest BCUT2D eigenvalue weighted by atomic mass is 10.1. The first kappa shape index (κ1) is 12.8. The van der Waals surface area contributed by atoms with Gasteiger partial charge in [-0.25, -0.2) is 4.39 Å². The highest BCUT2D eigenvalue weighted by atomic mass is 19.1. The van der Waals surface area contributed by atoms with E-state index in [1.54, 1.807) is 0 Å². The Balaban J connectivity index is 2.07. The van der Waals surface area contributed by atoms with Crippen LogP contribution in [-0.2, 0) is 0 Å². The molecule has 3 N–H and O–H groups in total.